The topological polar surface area (TPSA) is 108 Å². The molecule has 120 valence electrons. The molecule has 7 nitrogen and oxygen atoms in total. The second-order valence-electron chi connectivity index (χ2n) is 4.49. The van der Waals surface area contributed by atoms with Crippen molar-refractivity contribution in [2.45, 2.75) is 19.3 Å². The zero-order valence-corrected chi connectivity index (χ0v) is 13.5. The molecule has 22 heavy (non-hydrogen) atoms. The highest BCUT2D eigenvalue weighted by Gasteiger charge is 2.05. The third-order valence-electron chi connectivity index (χ3n) is 2.62. The maximum Gasteiger partial charge on any atom is 0.314 e. The van der Waals surface area contributed by atoms with E-state index >= 15 is 0 Å². The molecule has 0 unspecified atom stereocenters. The molecular weight excluding hydrogens is 354 g/mol. The van der Waals surface area contributed by atoms with Gasteiger partial charge in [-0.1, -0.05) is 15.9 Å². The van der Waals surface area contributed by atoms with Crippen molar-refractivity contribution in [2.24, 2.45) is 0 Å². The van der Waals surface area contributed by atoms with Crippen LogP contribution in [0.1, 0.15) is 19.3 Å². The van der Waals surface area contributed by atoms with Crippen molar-refractivity contribution >= 4 is 39.5 Å². The number of halogens is 1. The lowest BCUT2D eigenvalue weighted by molar-refractivity contribution is -0.137. The van der Waals surface area contributed by atoms with Crippen molar-refractivity contribution < 1.29 is 19.5 Å². The third-order valence-corrected chi connectivity index (χ3v) is 3.15. The number of hydrogen-bond donors (Lipinski definition) is 4. The van der Waals surface area contributed by atoms with E-state index in [1.807, 2.05) is 12.1 Å². The Bertz CT molecular complexity index is 519. The summed E-state index contributed by atoms with van der Waals surface area (Å²) in [6.07, 6.45) is 0.529. The summed E-state index contributed by atoms with van der Waals surface area (Å²) in [6, 6.07) is 6.76. The largest absolute Gasteiger partial charge is 0.481 e. The van der Waals surface area contributed by atoms with E-state index in [9.17, 15) is 14.4 Å². The van der Waals surface area contributed by atoms with E-state index in [4.69, 9.17) is 5.11 Å². The predicted octanol–water partition coefficient (Wildman–Crippen LogP) is 1.94. The predicted molar refractivity (Wildman–Crippen MR) is 85.7 cm³/mol. The van der Waals surface area contributed by atoms with Crippen LogP contribution in [0, 0.1) is 0 Å². The van der Waals surface area contributed by atoms with E-state index in [1.54, 1.807) is 12.1 Å². The number of carbonyl (C=O) groups excluding carboxylic acids is 2. The van der Waals surface area contributed by atoms with Crippen molar-refractivity contribution in [3.05, 3.63) is 28.7 Å². The molecular formula is C14H18BrN3O4. The zero-order chi connectivity index (χ0) is 16.4. The number of carbonyl (C=O) groups is 3. The van der Waals surface area contributed by atoms with Crippen molar-refractivity contribution in [1.29, 1.82) is 0 Å². The SMILES string of the molecule is O=C(O)CCCNC(=O)NCCC(=O)Nc1ccc(Br)cc1. The summed E-state index contributed by atoms with van der Waals surface area (Å²) < 4.78 is 0.923. The molecule has 1 aromatic rings. The Balaban J connectivity index is 2.12. The molecule has 0 aliphatic rings. The van der Waals surface area contributed by atoms with Crippen LogP contribution in [0.2, 0.25) is 0 Å². The van der Waals surface area contributed by atoms with Crippen LogP contribution >= 0.6 is 15.9 Å². The van der Waals surface area contributed by atoms with Crippen LogP contribution in [0.15, 0.2) is 28.7 Å². The Labute approximate surface area is 136 Å². The number of nitrogens with one attached hydrogen (secondary N) is 3. The van der Waals surface area contributed by atoms with Crippen LogP contribution in [0.3, 0.4) is 0 Å². The summed E-state index contributed by atoms with van der Waals surface area (Å²) in [5.41, 5.74) is 0.686. The van der Waals surface area contributed by atoms with Gasteiger partial charge in [0.2, 0.25) is 5.91 Å². The van der Waals surface area contributed by atoms with E-state index in [2.05, 4.69) is 31.9 Å². The minimum atomic E-state index is -0.896. The fraction of sp³-hybridized carbons (Fsp3) is 0.357. The van der Waals surface area contributed by atoms with Gasteiger partial charge in [0.05, 0.1) is 0 Å². The van der Waals surface area contributed by atoms with Gasteiger partial charge in [0.15, 0.2) is 0 Å². The summed E-state index contributed by atoms with van der Waals surface area (Å²) in [4.78, 5) is 33.3. The molecule has 0 saturated heterocycles. The van der Waals surface area contributed by atoms with Crippen LogP contribution in [0.25, 0.3) is 0 Å². The molecule has 0 radical (unpaired) electrons. The summed E-state index contributed by atoms with van der Waals surface area (Å²) in [5.74, 6) is -1.10. The first kappa shape index (κ1) is 18.0. The summed E-state index contributed by atoms with van der Waals surface area (Å²) in [6.45, 7) is 0.482. The molecule has 0 bridgehead atoms. The van der Waals surface area contributed by atoms with Crippen LogP contribution in [-0.2, 0) is 9.59 Å². The quantitative estimate of drug-likeness (QED) is 0.523. The Hall–Kier alpha value is -2.09. The first-order valence-electron chi connectivity index (χ1n) is 6.76. The molecule has 0 aliphatic carbocycles. The van der Waals surface area contributed by atoms with Gasteiger partial charge in [0.25, 0.3) is 0 Å². The normalized spacial score (nSPS) is 9.86. The van der Waals surface area contributed by atoms with E-state index in [0.717, 1.165) is 4.47 Å². The second kappa shape index (κ2) is 9.78. The van der Waals surface area contributed by atoms with E-state index < -0.39 is 12.0 Å². The lowest BCUT2D eigenvalue weighted by Gasteiger charge is -2.08. The Kier molecular flexibility index (Phi) is 7.98. The number of carboxylic acid groups (broad SMARTS) is 1. The standard InChI is InChI=1S/C14H18BrN3O4/c15-10-3-5-11(6-4-10)18-12(19)7-9-17-14(22)16-8-1-2-13(20)21/h3-6H,1-2,7-9H2,(H,18,19)(H,20,21)(H2,16,17,22). The highest BCUT2D eigenvalue weighted by Crippen LogP contribution is 2.14. The maximum atomic E-state index is 11.7. The average Bonchev–Trinajstić information content (AvgIpc) is 2.46. The lowest BCUT2D eigenvalue weighted by atomic mass is 10.3. The molecule has 1 aromatic carbocycles. The molecule has 0 saturated carbocycles. The second-order valence-corrected chi connectivity index (χ2v) is 5.40. The van der Waals surface area contributed by atoms with Gasteiger partial charge in [-0.15, -0.1) is 0 Å². The van der Waals surface area contributed by atoms with Crippen molar-refractivity contribution in [3.63, 3.8) is 0 Å². The molecule has 1 rings (SSSR count). The van der Waals surface area contributed by atoms with Gasteiger partial charge in [-0.2, -0.15) is 0 Å². The van der Waals surface area contributed by atoms with Crippen molar-refractivity contribution in [2.75, 3.05) is 18.4 Å². The number of rotatable bonds is 8. The fourth-order valence-corrected chi connectivity index (χ4v) is 1.81. The van der Waals surface area contributed by atoms with Gasteiger partial charge >= 0.3 is 12.0 Å². The van der Waals surface area contributed by atoms with Gasteiger partial charge in [-0.3, -0.25) is 9.59 Å². The first-order chi connectivity index (χ1) is 10.5. The van der Waals surface area contributed by atoms with Gasteiger partial charge in [-0.05, 0) is 30.7 Å². The smallest absolute Gasteiger partial charge is 0.314 e. The van der Waals surface area contributed by atoms with Crippen molar-refractivity contribution in [1.82, 2.24) is 10.6 Å². The molecule has 3 amide bonds. The molecule has 0 aliphatic heterocycles. The van der Waals surface area contributed by atoms with Crippen LogP contribution in [0.5, 0.6) is 0 Å². The number of hydrogen-bond acceptors (Lipinski definition) is 3. The number of amides is 3. The van der Waals surface area contributed by atoms with E-state index in [1.165, 1.54) is 0 Å². The molecule has 0 aromatic heterocycles. The van der Waals surface area contributed by atoms with Gasteiger partial charge < -0.3 is 21.1 Å². The number of carboxylic acids is 1. The zero-order valence-electron chi connectivity index (χ0n) is 11.9. The summed E-state index contributed by atoms with van der Waals surface area (Å²) in [5, 5.41) is 16.2. The monoisotopic (exact) mass is 371 g/mol. The minimum absolute atomic E-state index is 0.00980. The Morgan fingerprint density at radius 3 is 2.27 bits per heavy atom. The summed E-state index contributed by atoms with van der Waals surface area (Å²) >= 11 is 3.30. The van der Waals surface area contributed by atoms with Gasteiger partial charge in [0.1, 0.15) is 0 Å². The van der Waals surface area contributed by atoms with Crippen LogP contribution < -0.4 is 16.0 Å². The van der Waals surface area contributed by atoms with Gasteiger partial charge in [-0.25, -0.2) is 4.79 Å². The third kappa shape index (κ3) is 8.25. The number of urea groups is 1. The molecule has 0 spiro atoms. The van der Waals surface area contributed by atoms with Crippen LogP contribution in [-0.4, -0.2) is 36.1 Å². The fourth-order valence-electron chi connectivity index (χ4n) is 1.55. The first-order valence-corrected chi connectivity index (χ1v) is 7.55. The highest BCUT2D eigenvalue weighted by atomic mass is 79.9. The van der Waals surface area contributed by atoms with Gasteiger partial charge in [0, 0.05) is 36.1 Å². The number of benzene rings is 1. The molecule has 0 fully saturated rings. The van der Waals surface area contributed by atoms with E-state index in [-0.39, 0.29) is 31.8 Å². The molecule has 4 N–H and O–H groups in total. The molecule has 8 heteroatoms. The number of anilines is 1. The minimum Gasteiger partial charge on any atom is -0.481 e. The van der Waals surface area contributed by atoms with Crippen molar-refractivity contribution in [3.8, 4) is 0 Å². The molecule has 0 atom stereocenters. The summed E-state index contributed by atoms with van der Waals surface area (Å²) in [7, 11) is 0. The van der Waals surface area contributed by atoms with E-state index in [0.29, 0.717) is 12.1 Å². The highest BCUT2D eigenvalue weighted by molar-refractivity contribution is 9.10. The molecule has 0 heterocycles. The Morgan fingerprint density at radius 1 is 1.00 bits per heavy atom. The van der Waals surface area contributed by atoms with Crippen LogP contribution in [0.4, 0.5) is 10.5 Å². The maximum absolute atomic E-state index is 11.7. The Morgan fingerprint density at radius 2 is 1.64 bits per heavy atom. The number of aliphatic carboxylic acids is 1. The average molecular weight is 372 g/mol. The lowest BCUT2D eigenvalue weighted by Crippen LogP contribution is -2.37.